The lowest BCUT2D eigenvalue weighted by atomic mass is 10.0. The van der Waals surface area contributed by atoms with Crippen LogP contribution in [0, 0.1) is 12.7 Å². The third-order valence-electron chi connectivity index (χ3n) is 5.37. The van der Waals surface area contributed by atoms with E-state index in [-0.39, 0.29) is 24.9 Å². The first-order valence-corrected chi connectivity index (χ1v) is 9.73. The lowest BCUT2D eigenvalue weighted by Gasteiger charge is -2.28. The molecule has 1 aromatic heterocycles. The quantitative estimate of drug-likeness (QED) is 0.663. The molecule has 1 aliphatic heterocycles. The van der Waals surface area contributed by atoms with Crippen LogP contribution in [0.2, 0.25) is 0 Å². The van der Waals surface area contributed by atoms with Gasteiger partial charge >= 0.3 is 0 Å². The molecule has 0 saturated heterocycles. The van der Waals surface area contributed by atoms with Gasteiger partial charge in [0, 0.05) is 48.9 Å². The van der Waals surface area contributed by atoms with Gasteiger partial charge in [0.05, 0.1) is 18.9 Å². The van der Waals surface area contributed by atoms with Gasteiger partial charge in [-0.1, -0.05) is 35.9 Å². The minimum Gasteiger partial charge on any atom is -0.370 e. The van der Waals surface area contributed by atoms with Gasteiger partial charge in [-0.3, -0.25) is 9.48 Å². The van der Waals surface area contributed by atoms with Crippen molar-refractivity contribution in [1.82, 2.24) is 14.7 Å². The van der Waals surface area contributed by atoms with E-state index in [1.807, 2.05) is 47.8 Å². The van der Waals surface area contributed by atoms with E-state index in [9.17, 15) is 9.18 Å². The molecule has 0 bridgehead atoms. The highest BCUT2D eigenvalue weighted by Gasteiger charge is 2.27. The molecule has 0 unspecified atom stereocenters. The van der Waals surface area contributed by atoms with Crippen molar-refractivity contribution in [3.8, 4) is 0 Å². The van der Waals surface area contributed by atoms with Crippen LogP contribution in [-0.4, -0.2) is 27.1 Å². The number of hydrogen-bond acceptors (Lipinski definition) is 3. The van der Waals surface area contributed by atoms with Crippen LogP contribution in [0.1, 0.15) is 38.4 Å². The third-order valence-corrected chi connectivity index (χ3v) is 5.37. The van der Waals surface area contributed by atoms with Gasteiger partial charge in [0.2, 0.25) is 0 Å². The van der Waals surface area contributed by atoms with Crippen LogP contribution in [0.25, 0.3) is 0 Å². The van der Waals surface area contributed by atoms with Crippen LogP contribution in [0.15, 0.2) is 48.5 Å². The summed E-state index contributed by atoms with van der Waals surface area (Å²) < 4.78 is 21.4. The van der Waals surface area contributed by atoms with E-state index in [0.717, 1.165) is 28.9 Å². The minimum atomic E-state index is -0.273. The van der Waals surface area contributed by atoms with Crippen LogP contribution >= 0.6 is 0 Å². The summed E-state index contributed by atoms with van der Waals surface area (Å²) >= 11 is 0. The predicted octanol–water partition coefficient (Wildman–Crippen LogP) is 3.78. The van der Waals surface area contributed by atoms with Gasteiger partial charge < -0.3 is 9.64 Å². The van der Waals surface area contributed by atoms with Crippen molar-refractivity contribution in [2.45, 2.75) is 33.1 Å². The van der Waals surface area contributed by atoms with Crippen LogP contribution in [0.4, 0.5) is 4.39 Å². The van der Waals surface area contributed by atoms with E-state index in [0.29, 0.717) is 24.2 Å². The van der Waals surface area contributed by atoms with E-state index in [2.05, 4.69) is 5.10 Å². The van der Waals surface area contributed by atoms with Crippen molar-refractivity contribution < 1.29 is 13.9 Å². The molecule has 6 heteroatoms. The van der Waals surface area contributed by atoms with Gasteiger partial charge in [0.15, 0.2) is 0 Å². The molecule has 3 aromatic rings. The van der Waals surface area contributed by atoms with Gasteiger partial charge in [0.1, 0.15) is 5.82 Å². The number of nitrogens with zero attached hydrogens (tertiary/aromatic N) is 3. The molecule has 0 spiro atoms. The Kier molecular flexibility index (Phi) is 5.45. The Balaban J connectivity index is 1.46. The largest absolute Gasteiger partial charge is 0.370 e. The maximum atomic E-state index is 13.8. The van der Waals surface area contributed by atoms with Gasteiger partial charge in [-0.25, -0.2) is 4.39 Å². The highest BCUT2D eigenvalue weighted by Crippen LogP contribution is 2.24. The van der Waals surface area contributed by atoms with Crippen molar-refractivity contribution in [2.75, 3.05) is 6.54 Å². The SMILES string of the molecule is Cc1ccc(C(=O)N2CCc3c(c(COCc4ccccc4F)nn3C)C2)cc1. The Morgan fingerprint density at radius 1 is 1.14 bits per heavy atom. The number of hydrogen-bond donors (Lipinski definition) is 0. The molecule has 2 heterocycles. The van der Waals surface area contributed by atoms with E-state index < -0.39 is 0 Å². The molecular formula is C23H24FN3O2. The number of amides is 1. The standard InChI is InChI=1S/C23H24FN3O2/c1-16-7-9-17(10-8-16)23(28)27-12-11-22-19(13-27)21(25-26(22)2)15-29-14-18-5-3-4-6-20(18)24/h3-10H,11-15H2,1-2H3. The Morgan fingerprint density at radius 2 is 1.90 bits per heavy atom. The summed E-state index contributed by atoms with van der Waals surface area (Å²) in [5.41, 5.74) is 5.31. The zero-order valence-electron chi connectivity index (χ0n) is 16.7. The average molecular weight is 393 g/mol. The average Bonchev–Trinajstić information content (AvgIpc) is 3.04. The van der Waals surface area contributed by atoms with E-state index in [4.69, 9.17) is 4.74 Å². The first-order chi connectivity index (χ1) is 14.0. The van der Waals surface area contributed by atoms with Gasteiger partial charge in [-0.2, -0.15) is 5.10 Å². The van der Waals surface area contributed by atoms with Crippen LogP contribution in [-0.2, 0) is 38.0 Å². The third kappa shape index (κ3) is 4.07. The number of rotatable bonds is 5. The second kappa shape index (κ2) is 8.17. The number of fused-ring (bicyclic) bond motifs is 1. The molecule has 0 aliphatic carbocycles. The number of benzene rings is 2. The summed E-state index contributed by atoms with van der Waals surface area (Å²) in [5, 5.41) is 4.58. The predicted molar refractivity (Wildman–Crippen MR) is 108 cm³/mol. The first kappa shape index (κ1) is 19.3. The number of carbonyl (C=O) groups is 1. The molecule has 0 fully saturated rings. The summed E-state index contributed by atoms with van der Waals surface area (Å²) in [5.74, 6) is -0.247. The maximum Gasteiger partial charge on any atom is 0.254 e. The van der Waals surface area contributed by atoms with Crippen molar-refractivity contribution in [3.05, 3.63) is 88.0 Å². The fourth-order valence-electron chi connectivity index (χ4n) is 3.71. The second-order valence-corrected chi connectivity index (χ2v) is 7.42. The maximum absolute atomic E-state index is 13.8. The molecule has 1 aliphatic rings. The molecule has 2 aromatic carbocycles. The van der Waals surface area contributed by atoms with Crippen LogP contribution in [0.5, 0.6) is 0 Å². The smallest absolute Gasteiger partial charge is 0.254 e. The molecule has 0 N–H and O–H groups in total. The fourth-order valence-corrected chi connectivity index (χ4v) is 3.71. The highest BCUT2D eigenvalue weighted by atomic mass is 19.1. The van der Waals surface area contributed by atoms with Crippen LogP contribution in [0.3, 0.4) is 0 Å². The number of carbonyl (C=O) groups excluding carboxylic acids is 1. The normalized spacial score (nSPS) is 13.4. The number of ether oxygens (including phenoxy) is 1. The van der Waals surface area contributed by atoms with Crippen molar-refractivity contribution in [3.63, 3.8) is 0 Å². The fraction of sp³-hybridized carbons (Fsp3) is 0.304. The van der Waals surface area contributed by atoms with Gasteiger partial charge in [-0.15, -0.1) is 0 Å². The molecular weight excluding hydrogens is 369 g/mol. The molecule has 29 heavy (non-hydrogen) atoms. The number of halogens is 1. The summed E-state index contributed by atoms with van der Waals surface area (Å²) in [7, 11) is 1.91. The summed E-state index contributed by atoms with van der Waals surface area (Å²) in [6.45, 7) is 3.64. The Morgan fingerprint density at radius 3 is 2.66 bits per heavy atom. The van der Waals surface area contributed by atoms with Crippen LogP contribution < -0.4 is 0 Å². The molecule has 1 amide bonds. The summed E-state index contributed by atoms with van der Waals surface area (Å²) in [6.07, 6.45) is 0.754. The molecule has 150 valence electrons. The van der Waals surface area contributed by atoms with E-state index >= 15 is 0 Å². The molecule has 5 nitrogen and oxygen atoms in total. The summed E-state index contributed by atoms with van der Waals surface area (Å²) in [4.78, 5) is 14.8. The monoisotopic (exact) mass is 393 g/mol. The lowest BCUT2D eigenvalue weighted by Crippen LogP contribution is -2.36. The molecule has 4 rings (SSSR count). The second-order valence-electron chi connectivity index (χ2n) is 7.42. The van der Waals surface area contributed by atoms with Crippen molar-refractivity contribution in [1.29, 1.82) is 0 Å². The Labute approximate surface area is 169 Å². The molecule has 0 atom stereocenters. The zero-order chi connectivity index (χ0) is 20.4. The Bertz CT molecular complexity index is 1030. The molecule has 0 radical (unpaired) electrons. The van der Waals surface area contributed by atoms with E-state index in [1.54, 1.807) is 18.2 Å². The topological polar surface area (TPSA) is 47.4 Å². The van der Waals surface area contributed by atoms with Crippen molar-refractivity contribution >= 4 is 5.91 Å². The number of aryl methyl sites for hydroxylation is 2. The van der Waals surface area contributed by atoms with Gasteiger partial charge in [-0.05, 0) is 25.1 Å². The number of aromatic nitrogens is 2. The highest BCUT2D eigenvalue weighted by molar-refractivity contribution is 5.94. The Hall–Kier alpha value is -2.99. The summed E-state index contributed by atoms with van der Waals surface area (Å²) in [6, 6.07) is 14.2. The van der Waals surface area contributed by atoms with Crippen molar-refractivity contribution in [2.24, 2.45) is 7.05 Å². The van der Waals surface area contributed by atoms with Gasteiger partial charge in [0.25, 0.3) is 5.91 Å². The minimum absolute atomic E-state index is 0.0257. The molecule has 0 saturated carbocycles. The zero-order valence-corrected chi connectivity index (χ0v) is 16.7. The lowest BCUT2D eigenvalue weighted by molar-refractivity contribution is 0.0727. The van der Waals surface area contributed by atoms with E-state index in [1.165, 1.54) is 6.07 Å². The first-order valence-electron chi connectivity index (χ1n) is 9.73.